The maximum absolute atomic E-state index is 11.0. The van der Waals surface area contributed by atoms with Crippen molar-refractivity contribution in [2.45, 2.75) is 0 Å². The molecule has 0 saturated carbocycles. The maximum Gasteiger partial charge on any atom is 0.250 e. The number of amides is 1. The minimum absolute atomic E-state index is 0.396. The first-order valence-electron chi connectivity index (χ1n) is 4.77. The van der Waals surface area contributed by atoms with E-state index in [2.05, 4.69) is 0 Å². The Labute approximate surface area is 88.5 Å². The molecule has 0 saturated heterocycles. The number of hydrogen-bond acceptors (Lipinski definition) is 2. The predicted octanol–water partition coefficient (Wildman–Crippen LogP) is 1.43. The van der Waals surface area contributed by atoms with E-state index in [4.69, 9.17) is 5.73 Å². The molecular formula is C12H12N2O. The van der Waals surface area contributed by atoms with Crippen molar-refractivity contribution in [1.82, 2.24) is 0 Å². The van der Waals surface area contributed by atoms with Crippen molar-refractivity contribution in [1.29, 1.82) is 0 Å². The fourth-order valence-corrected chi connectivity index (χ4v) is 1.50. The topological polar surface area (TPSA) is 46.3 Å². The summed E-state index contributed by atoms with van der Waals surface area (Å²) in [5.74, 6) is -0.396. The van der Waals surface area contributed by atoms with Crippen molar-refractivity contribution >= 4 is 11.6 Å². The lowest BCUT2D eigenvalue weighted by atomic mass is 10.2. The molecule has 0 unspecified atom stereocenters. The molecule has 0 radical (unpaired) electrons. The fraction of sp³-hybridized carbons (Fsp3) is 0.0833. The van der Waals surface area contributed by atoms with E-state index in [-0.39, 0.29) is 0 Å². The van der Waals surface area contributed by atoms with E-state index in [0.29, 0.717) is 5.57 Å². The molecule has 1 aliphatic heterocycles. The van der Waals surface area contributed by atoms with E-state index in [1.165, 1.54) is 0 Å². The summed E-state index contributed by atoms with van der Waals surface area (Å²) in [6, 6.07) is 9.88. The molecule has 0 bridgehead atoms. The predicted molar refractivity (Wildman–Crippen MR) is 60.2 cm³/mol. The van der Waals surface area contributed by atoms with Crippen LogP contribution in [0.4, 0.5) is 5.69 Å². The second-order valence-corrected chi connectivity index (χ2v) is 3.34. The highest BCUT2D eigenvalue weighted by molar-refractivity contribution is 5.95. The molecule has 0 aliphatic carbocycles. The monoisotopic (exact) mass is 200 g/mol. The quantitative estimate of drug-likeness (QED) is 0.785. The number of benzene rings is 1. The standard InChI is InChI=1S/C12H12N2O/c13-12(15)10-5-4-8-14(9-10)11-6-2-1-3-7-11/h1-7,9H,8H2,(H2,13,15). The van der Waals surface area contributed by atoms with E-state index in [9.17, 15) is 4.79 Å². The van der Waals surface area contributed by atoms with Crippen molar-refractivity contribution in [3.63, 3.8) is 0 Å². The minimum atomic E-state index is -0.396. The molecule has 2 rings (SSSR count). The SMILES string of the molecule is NC(=O)C1=CN(c2ccccc2)CC=C1. The Hall–Kier alpha value is -2.03. The van der Waals surface area contributed by atoms with E-state index >= 15 is 0 Å². The van der Waals surface area contributed by atoms with Gasteiger partial charge in [0.15, 0.2) is 0 Å². The molecule has 0 aromatic heterocycles. The van der Waals surface area contributed by atoms with Crippen LogP contribution in [0.15, 0.2) is 54.3 Å². The average molecular weight is 200 g/mol. The molecule has 0 fully saturated rings. The van der Waals surface area contributed by atoms with Crippen LogP contribution in [0.1, 0.15) is 0 Å². The first kappa shape index (κ1) is 9.52. The van der Waals surface area contributed by atoms with Gasteiger partial charge in [0, 0.05) is 18.4 Å². The molecule has 15 heavy (non-hydrogen) atoms. The smallest absolute Gasteiger partial charge is 0.250 e. The number of hydrogen-bond donors (Lipinski definition) is 1. The lowest BCUT2D eigenvalue weighted by molar-refractivity contribution is -0.114. The minimum Gasteiger partial charge on any atom is -0.366 e. The van der Waals surface area contributed by atoms with Gasteiger partial charge < -0.3 is 10.6 Å². The van der Waals surface area contributed by atoms with Gasteiger partial charge in [0.25, 0.3) is 0 Å². The summed E-state index contributed by atoms with van der Waals surface area (Å²) in [6.07, 6.45) is 5.45. The largest absolute Gasteiger partial charge is 0.366 e. The van der Waals surface area contributed by atoms with Crippen molar-refractivity contribution in [2.24, 2.45) is 5.73 Å². The Bertz CT molecular complexity index is 421. The van der Waals surface area contributed by atoms with Gasteiger partial charge in [-0.25, -0.2) is 0 Å². The molecule has 0 spiro atoms. The van der Waals surface area contributed by atoms with Crippen LogP contribution >= 0.6 is 0 Å². The first-order chi connectivity index (χ1) is 7.27. The van der Waals surface area contributed by atoms with Gasteiger partial charge in [0.1, 0.15) is 0 Å². The van der Waals surface area contributed by atoms with Crippen LogP contribution in [-0.4, -0.2) is 12.5 Å². The van der Waals surface area contributed by atoms with Crippen molar-refractivity contribution < 1.29 is 4.79 Å². The number of nitrogens with zero attached hydrogens (tertiary/aromatic N) is 1. The number of para-hydroxylation sites is 1. The molecule has 3 nitrogen and oxygen atoms in total. The molecule has 1 aromatic rings. The number of primary amides is 1. The molecular weight excluding hydrogens is 188 g/mol. The summed E-state index contributed by atoms with van der Waals surface area (Å²) < 4.78 is 0. The van der Waals surface area contributed by atoms with Gasteiger partial charge in [0.2, 0.25) is 5.91 Å². The molecule has 76 valence electrons. The highest BCUT2D eigenvalue weighted by Gasteiger charge is 2.09. The van der Waals surface area contributed by atoms with Crippen LogP contribution in [0, 0.1) is 0 Å². The Morgan fingerprint density at radius 3 is 2.67 bits per heavy atom. The normalized spacial score (nSPS) is 14.9. The Morgan fingerprint density at radius 2 is 2.00 bits per heavy atom. The van der Waals surface area contributed by atoms with Gasteiger partial charge in [-0.05, 0) is 12.1 Å². The summed E-state index contributed by atoms with van der Waals surface area (Å²) in [4.78, 5) is 13.0. The third-order valence-electron chi connectivity index (χ3n) is 2.27. The zero-order chi connectivity index (χ0) is 10.7. The van der Waals surface area contributed by atoms with Crippen molar-refractivity contribution in [2.75, 3.05) is 11.4 Å². The van der Waals surface area contributed by atoms with Gasteiger partial charge >= 0.3 is 0 Å². The number of anilines is 1. The number of carbonyl (C=O) groups excluding carboxylic acids is 1. The summed E-state index contributed by atoms with van der Waals surface area (Å²) >= 11 is 0. The zero-order valence-electron chi connectivity index (χ0n) is 8.26. The highest BCUT2D eigenvalue weighted by Crippen LogP contribution is 2.17. The summed E-state index contributed by atoms with van der Waals surface area (Å²) in [5, 5.41) is 0. The van der Waals surface area contributed by atoms with Crippen molar-refractivity contribution in [3.8, 4) is 0 Å². The van der Waals surface area contributed by atoms with E-state index < -0.39 is 5.91 Å². The fourth-order valence-electron chi connectivity index (χ4n) is 1.50. The molecule has 1 aliphatic rings. The first-order valence-corrected chi connectivity index (χ1v) is 4.77. The Morgan fingerprint density at radius 1 is 1.27 bits per heavy atom. The summed E-state index contributed by atoms with van der Waals surface area (Å²) in [7, 11) is 0. The van der Waals surface area contributed by atoms with Gasteiger partial charge in [-0.1, -0.05) is 30.4 Å². The molecule has 3 heteroatoms. The van der Waals surface area contributed by atoms with Crippen LogP contribution in [-0.2, 0) is 4.79 Å². The Kier molecular flexibility index (Phi) is 2.54. The van der Waals surface area contributed by atoms with E-state index in [1.54, 1.807) is 12.3 Å². The maximum atomic E-state index is 11.0. The van der Waals surface area contributed by atoms with Crippen LogP contribution < -0.4 is 10.6 Å². The third-order valence-corrected chi connectivity index (χ3v) is 2.27. The zero-order valence-corrected chi connectivity index (χ0v) is 8.26. The van der Waals surface area contributed by atoms with Gasteiger partial charge in [-0.3, -0.25) is 4.79 Å². The van der Waals surface area contributed by atoms with E-state index in [0.717, 1.165) is 12.2 Å². The lowest BCUT2D eigenvalue weighted by Crippen LogP contribution is -2.23. The van der Waals surface area contributed by atoms with Gasteiger partial charge in [-0.15, -0.1) is 0 Å². The van der Waals surface area contributed by atoms with Crippen LogP contribution in [0.25, 0.3) is 0 Å². The van der Waals surface area contributed by atoms with Crippen LogP contribution in [0.2, 0.25) is 0 Å². The summed E-state index contributed by atoms with van der Waals surface area (Å²) in [6.45, 7) is 0.765. The van der Waals surface area contributed by atoms with Crippen LogP contribution in [0.3, 0.4) is 0 Å². The molecule has 1 heterocycles. The molecule has 2 N–H and O–H groups in total. The lowest BCUT2D eigenvalue weighted by Gasteiger charge is -2.22. The van der Waals surface area contributed by atoms with Gasteiger partial charge in [-0.2, -0.15) is 0 Å². The van der Waals surface area contributed by atoms with E-state index in [1.807, 2.05) is 41.3 Å². The average Bonchev–Trinajstić information content (AvgIpc) is 2.30. The third kappa shape index (κ3) is 2.07. The highest BCUT2D eigenvalue weighted by atomic mass is 16.1. The second kappa shape index (κ2) is 4.00. The summed E-state index contributed by atoms with van der Waals surface area (Å²) in [5.41, 5.74) is 6.81. The Balaban J connectivity index is 2.27. The molecule has 1 aromatic carbocycles. The number of rotatable bonds is 2. The van der Waals surface area contributed by atoms with Crippen molar-refractivity contribution in [3.05, 3.63) is 54.3 Å². The molecule has 0 atom stereocenters. The number of nitrogens with two attached hydrogens (primary N) is 1. The van der Waals surface area contributed by atoms with Crippen LogP contribution in [0.5, 0.6) is 0 Å². The second-order valence-electron chi connectivity index (χ2n) is 3.34. The van der Waals surface area contributed by atoms with Gasteiger partial charge in [0.05, 0.1) is 5.57 Å². The number of carbonyl (C=O) groups is 1. The molecule has 1 amide bonds.